The molecule has 1 fully saturated rings. The van der Waals surface area contributed by atoms with Crippen LogP contribution in [0, 0.1) is 17.4 Å². The van der Waals surface area contributed by atoms with Gasteiger partial charge in [-0.2, -0.15) is 5.11 Å². The van der Waals surface area contributed by atoms with E-state index in [2.05, 4.69) is 50.9 Å². The van der Waals surface area contributed by atoms with E-state index in [4.69, 9.17) is 15.0 Å². The van der Waals surface area contributed by atoms with Crippen molar-refractivity contribution in [3.05, 3.63) is 11.9 Å². The average molecular weight is 822 g/mol. The van der Waals surface area contributed by atoms with Crippen LogP contribution >= 0.6 is 0 Å². The summed E-state index contributed by atoms with van der Waals surface area (Å²) in [5.74, 6) is -4.05. The van der Waals surface area contributed by atoms with Gasteiger partial charge < -0.3 is 41.4 Å². The molecule has 7 N–H and O–H groups in total. The highest BCUT2D eigenvalue weighted by Crippen LogP contribution is 2.22. The average Bonchev–Trinajstić information content (AvgIpc) is 3.18. The molecule has 0 aliphatic carbocycles. The molecule has 0 bridgehead atoms. The van der Waals surface area contributed by atoms with Crippen LogP contribution in [0.4, 0.5) is 0 Å². The van der Waals surface area contributed by atoms with Crippen molar-refractivity contribution in [2.24, 2.45) is 17.0 Å². The highest BCUT2D eigenvalue weighted by atomic mass is 16.6. The van der Waals surface area contributed by atoms with E-state index in [0.717, 1.165) is 25.7 Å². The van der Waals surface area contributed by atoms with Crippen LogP contribution in [0.1, 0.15) is 113 Å². The summed E-state index contributed by atoms with van der Waals surface area (Å²) < 4.78 is 10.9. The number of nitrogens with zero attached hydrogens (tertiary/aromatic N) is 2. The summed E-state index contributed by atoms with van der Waals surface area (Å²) in [6, 6.07) is -1.80. The van der Waals surface area contributed by atoms with Crippen molar-refractivity contribution >= 4 is 41.3 Å². The van der Waals surface area contributed by atoms with Crippen molar-refractivity contribution in [3.8, 4) is 0 Å². The molecule has 0 saturated carbocycles. The van der Waals surface area contributed by atoms with Gasteiger partial charge in [0.15, 0.2) is 11.4 Å². The highest BCUT2D eigenvalue weighted by Gasteiger charge is 2.41. The van der Waals surface area contributed by atoms with Gasteiger partial charge in [0.2, 0.25) is 29.5 Å². The van der Waals surface area contributed by atoms with Crippen molar-refractivity contribution in [2.75, 3.05) is 52.5 Å². The van der Waals surface area contributed by atoms with Crippen molar-refractivity contribution in [3.63, 3.8) is 0 Å². The zero-order valence-electron chi connectivity index (χ0n) is 36.1. The van der Waals surface area contributed by atoms with Gasteiger partial charge in [-0.25, -0.2) is 5.53 Å². The largest absolute Gasteiger partial charge is 0.450 e. The summed E-state index contributed by atoms with van der Waals surface area (Å²) in [6.45, 7) is 15.9. The van der Waals surface area contributed by atoms with Gasteiger partial charge >= 0.3 is 5.97 Å². The first-order valence-electron chi connectivity index (χ1n) is 20.7. The van der Waals surface area contributed by atoms with Gasteiger partial charge in [0, 0.05) is 38.2 Å². The number of rotatable bonds is 29. The lowest BCUT2D eigenvalue weighted by Crippen LogP contribution is -2.55. The molecule has 18 nitrogen and oxygen atoms in total. The van der Waals surface area contributed by atoms with Gasteiger partial charge in [-0.1, -0.05) is 61.3 Å². The summed E-state index contributed by atoms with van der Waals surface area (Å²) in [4.78, 5) is 92.5. The molecule has 0 spiro atoms. The molecule has 0 aromatic carbocycles. The molecule has 1 aliphatic rings. The number of carbonyl (C=O) groups excluding carboxylic acids is 7. The Morgan fingerprint density at radius 3 is 1.97 bits per heavy atom. The number of carbonyl (C=O) groups is 7. The molecule has 58 heavy (non-hydrogen) atoms. The van der Waals surface area contributed by atoms with Crippen molar-refractivity contribution in [2.45, 2.75) is 137 Å². The molecule has 5 amide bonds. The zero-order valence-corrected chi connectivity index (χ0v) is 36.1. The number of amides is 5. The predicted molar refractivity (Wildman–Crippen MR) is 218 cm³/mol. The third-order valence-electron chi connectivity index (χ3n) is 9.66. The minimum Gasteiger partial charge on any atom is -0.450 e. The van der Waals surface area contributed by atoms with Gasteiger partial charge in [0.1, 0.15) is 12.6 Å². The van der Waals surface area contributed by atoms with E-state index >= 15 is 0 Å². The summed E-state index contributed by atoms with van der Waals surface area (Å²) in [6.07, 6.45) is 6.44. The van der Waals surface area contributed by atoms with Gasteiger partial charge in [0.05, 0.1) is 44.6 Å². The zero-order chi connectivity index (χ0) is 43.7. The van der Waals surface area contributed by atoms with E-state index in [0.29, 0.717) is 32.0 Å². The second-order valence-electron chi connectivity index (χ2n) is 15.7. The van der Waals surface area contributed by atoms with E-state index in [1.165, 1.54) is 6.92 Å². The molecule has 1 aliphatic heterocycles. The Hall–Kier alpha value is -4.45. The second kappa shape index (κ2) is 28.1. The van der Waals surface area contributed by atoms with Gasteiger partial charge in [-0.3, -0.25) is 38.5 Å². The SMILES string of the molecule is CCCCC(CC)N/C=C(/CCC(=O)NCC(=O)O[C@](C)(CC)C(=O)[C@H](CC(C)C)NC(=O)CNC(=O)[C@H](CC(C)C)NC(=O)CNC(=O)CN1CCOCC1)N=N. The van der Waals surface area contributed by atoms with Gasteiger partial charge in [0.25, 0.3) is 0 Å². The third kappa shape index (κ3) is 21.3. The minimum absolute atomic E-state index is 0.00694. The normalized spacial score (nSPS) is 15.9. The number of hydrogen-bond acceptors (Lipinski definition) is 13. The molecule has 1 saturated heterocycles. The molecule has 330 valence electrons. The smallest absolute Gasteiger partial charge is 0.326 e. The molecular weight excluding hydrogens is 750 g/mol. The Balaban J connectivity index is 2.76. The minimum atomic E-state index is -1.64. The molecule has 4 atom stereocenters. The number of Topliss-reactive ketones (excluding diaryl/α,β-unsaturated/α-hetero) is 1. The van der Waals surface area contributed by atoms with Crippen LogP contribution in [0.2, 0.25) is 0 Å². The Labute approximate surface area is 344 Å². The summed E-state index contributed by atoms with van der Waals surface area (Å²) in [7, 11) is 0. The second-order valence-corrected chi connectivity index (χ2v) is 15.7. The van der Waals surface area contributed by atoms with Crippen LogP contribution in [0.15, 0.2) is 17.0 Å². The summed E-state index contributed by atoms with van der Waals surface area (Å²) >= 11 is 0. The van der Waals surface area contributed by atoms with Crippen LogP contribution < -0.4 is 31.9 Å². The molecule has 1 heterocycles. The van der Waals surface area contributed by atoms with Gasteiger partial charge in [-0.15, -0.1) is 0 Å². The van der Waals surface area contributed by atoms with Crippen molar-refractivity contribution in [1.82, 2.24) is 36.8 Å². The number of unbranched alkanes of at least 4 members (excludes halogenated alkanes) is 1. The fraction of sp³-hybridized carbons (Fsp3) is 0.775. The van der Waals surface area contributed by atoms with E-state index < -0.39 is 66.2 Å². The number of morpholine rings is 1. The number of esters is 1. The topological polar surface area (TPSA) is 250 Å². The third-order valence-corrected chi connectivity index (χ3v) is 9.66. The molecule has 1 unspecified atom stereocenters. The van der Waals surface area contributed by atoms with Crippen molar-refractivity contribution < 1.29 is 43.0 Å². The lowest BCUT2D eigenvalue weighted by Gasteiger charge is -2.32. The molecule has 0 radical (unpaired) electrons. The maximum atomic E-state index is 13.9. The Morgan fingerprint density at radius 2 is 1.40 bits per heavy atom. The van der Waals surface area contributed by atoms with Crippen LogP contribution in [0.3, 0.4) is 0 Å². The van der Waals surface area contributed by atoms with E-state index in [-0.39, 0.29) is 69.0 Å². The standard InChI is InChI=1S/C40H71N9O9/c1-9-12-13-29(10-2)42-22-30(48-41)14-15-33(50)44-25-37(54)58-40(8,11-3)38(55)31(20-27(4)5)46-35(52)24-45-39(56)32(21-28(6)7)47-34(51)23-43-36(53)26-49-16-18-57-19-17-49/h22,27-29,31-32,41-42H,9-21,23-26H2,1-8H3,(H,43,53)(H,44,50)(H,45,56)(H,46,52)(H,47,51)/b30-22-,48-41?/t29?,31-,32-,40+/m0/s1. The lowest BCUT2D eigenvalue weighted by atomic mass is 9.88. The van der Waals surface area contributed by atoms with E-state index in [1.54, 1.807) is 13.1 Å². The van der Waals surface area contributed by atoms with Crippen molar-refractivity contribution in [1.29, 1.82) is 5.53 Å². The fourth-order valence-corrected chi connectivity index (χ4v) is 6.07. The Kier molecular flexibility index (Phi) is 24.9. The molecule has 0 aromatic rings. The lowest BCUT2D eigenvalue weighted by molar-refractivity contribution is -0.167. The summed E-state index contributed by atoms with van der Waals surface area (Å²) in [5, 5.41) is 19.7. The van der Waals surface area contributed by atoms with Crippen LogP contribution in [-0.4, -0.2) is 122 Å². The number of allylic oxidation sites excluding steroid dienone is 1. The first-order chi connectivity index (χ1) is 27.5. The Morgan fingerprint density at radius 1 is 0.810 bits per heavy atom. The molecule has 1 rings (SSSR count). The fourth-order valence-electron chi connectivity index (χ4n) is 6.07. The van der Waals surface area contributed by atoms with E-state index in [1.807, 2.05) is 32.6 Å². The van der Waals surface area contributed by atoms with Gasteiger partial charge in [-0.05, 0) is 50.9 Å². The molecule has 0 aromatic heterocycles. The molecule has 18 heteroatoms. The maximum Gasteiger partial charge on any atom is 0.326 e. The van der Waals surface area contributed by atoms with Crippen LogP contribution in [0.25, 0.3) is 0 Å². The monoisotopic (exact) mass is 822 g/mol. The number of hydrogen-bond donors (Lipinski definition) is 7. The number of nitrogens with one attached hydrogen (secondary N) is 7. The van der Waals surface area contributed by atoms with Crippen LogP contribution in [0.5, 0.6) is 0 Å². The van der Waals surface area contributed by atoms with E-state index in [9.17, 15) is 33.6 Å². The Bertz CT molecular complexity index is 1390. The summed E-state index contributed by atoms with van der Waals surface area (Å²) in [5.41, 5.74) is 6.22. The highest BCUT2D eigenvalue weighted by molar-refractivity contribution is 5.97. The number of ketones is 1. The first kappa shape index (κ1) is 51.6. The number of ether oxygens (including phenoxy) is 2. The first-order valence-corrected chi connectivity index (χ1v) is 20.7. The van der Waals surface area contributed by atoms with Crippen LogP contribution in [-0.2, 0) is 43.0 Å². The quantitative estimate of drug-likeness (QED) is 0.0426. The predicted octanol–water partition coefficient (Wildman–Crippen LogP) is 2.22. The molecular formula is C40H71N9O9. The maximum absolute atomic E-state index is 13.9.